The zero-order valence-corrected chi connectivity index (χ0v) is 18.0. The number of carbonyl (C=O) groups is 1. The van der Waals surface area contributed by atoms with Crippen LogP contribution in [0.1, 0.15) is 21.5 Å². The van der Waals surface area contributed by atoms with Crippen LogP contribution < -0.4 is 15.5 Å². The van der Waals surface area contributed by atoms with Crippen molar-refractivity contribution < 1.29 is 9.53 Å². The molecule has 0 unspecified atom stereocenters. The molecule has 0 atom stereocenters. The van der Waals surface area contributed by atoms with Crippen molar-refractivity contribution in [3.63, 3.8) is 0 Å². The van der Waals surface area contributed by atoms with Crippen molar-refractivity contribution in [3.05, 3.63) is 59.2 Å². The Morgan fingerprint density at radius 3 is 2.45 bits per heavy atom. The van der Waals surface area contributed by atoms with Crippen molar-refractivity contribution in [2.45, 2.75) is 13.5 Å². The molecule has 1 aliphatic heterocycles. The van der Waals surface area contributed by atoms with Gasteiger partial charge in [0.15, 0.2) is 5.11 Å². The third-order valence-electron chi connectivity index (χ3n) is 5.16. The predicted molar refractivity (Wildman–Crippen MR) is 122 cm³/mol. The van der Waals surface area contributed by atoms with Crippen molar-refractivity contribution in [1.29, 1.82) is 0 Å². The fourth-order valence-corrected chi connectivity index (χ4v) is 3.42. The van der Waals surface area contributed by atoms with Gasteiger partial charge in [0.1, 0.15) is 0 Å². The van der Waals surface area contributed by atoms with Gasteiger partial charge in [-0.2, -0.15) is 0 Å². The molecule has 3 rings (SSSR count). The van der Waals surface area contributed by atoms with Gasteiger partial charge in [-0.05, 0) is 61.6 Å². The van der Waals surface area contributed by atoms with E-state index in [-0.39, 0.29) is 5.97 Å². The lowest BCUT2D eigenvalue weighted by molar-refractivity contribution is 0.0601. The Hall–Kier alpha value is -2.64. The molecule has 1 aliphatic rings. The number of likely N-dealkylation sites (N-methyl/N-ethyl adjacent to an activating group) is 1. The Morgan fingerprint density at radius 2 is 1.79 bits per heavy atom. The van der Waals surface area contributed by atoms with Crippen molar-refractivity contribution in [3.8, 4) is 0 Å². The number of carbonyl (C=O) groups excluding carboxylic acids is 1. The second kappa shape index (κ2) is 9.71. The highest BCUT2D eigenvalue weighted by atomic mass is 32.1. The first kappa shape index (κ1) is 21.1. The lowest BCUT2D eigenvalue weighted by atomic mass is 10.1. The normalized spacial score (nSPS) is 14.4. The number of methoxy groups -OCH3 is 1. The molecule has 0 bridgehead atoms. The molecule has 0 amide bonds. The SMILES string of the molecule is COC(=O)c1ccc(C)c(NC(=S)NCc2ccc(N3CCN(C)CC3)cc2)c1. The van der Waals surface area contributed by atoms with E-state index in [0.717, 1.165) is 43.0 Å². The van der Waals surface area contributed by atoms with E-state index >= 15 is 0 Å². The molecule has 29 heavy (non-hydrogen) atoms. The van der Waals surface area contributed by atoms with E-state index in [4.69, 9.17) is 17.0 Å². The molecule has 1 heterocycles. The van der Waals surface area contributed by atoms with Gasteiger partial charge in [-0.3, -0.25) is 0 Å². The summed E-state index contributed by atoms with van der Waals surface area (Å²) in [5, 5.41) is 6.90. The lowest BCUT2D eigenvalue weighted by Gasteiger charge is -2.34. The van der Waals surface area contributed by atoms with E-state index in [9.17, 15) is 4.79 Å². The first-order valence-corrected chi connectivity index (χ1v) is 10.1. The second-order valence-corrected chi connectivity index (χ2v) is 7.69. The highest BCUT2D eigenvalue weighted by Gasteiger charge is 2.14. The lowest BCUT2D eigenvalue weighted by Crippen LogP contribution is -2.44. The van der Waals surface area contributed by atoms with Crippen LogP contribution in [0.15, 0.2) is 42.5 Å². The first-order valence-electron chi connectivity index (χ1n) is 9.72. The second-order valence-electron chi connectivity index (χ2n) is 7.29. The van der Waals surface area contributed by atoms with Gasteiger partial charge in [0.2, 0.25) is 0 Å². The summed E-state index contributed by atoms with van der Waals surface area (Å²) >= 11 is 5.42. The minimum absolute atomic E-state index is 0.368. The van der Waals surface area contributed by atoms with Crippen LogP contribution in [0.2, 0.25) is 0 Å². The number of ether oxygens (including phenoxy) is 1. The smallest absolute Gasteiger partial charge is 0.337 e. The van der Waals surface area contributed by atoms with E-state index in [0.29, 0.717) is 17.2 Å². The maximum atomic E-state index is 11.7. The molecule has 2 N–H and O–H groups in total. The molecule has 0 saturated carbocycles. The monoisotopic (exact) mass is 412 g/mol. The van der Waals surface area contributed by atoms with Crippen LogP contribution in [-0.4, -0.2) is 56.3 Å². The summed E-state index contributed by atoms with van der Waals surface area (Å²) in [6.45, 7) is 6.91. The van der Waals surface area contributed by atoms with Crippen LogP contribution in [0.5, 0.6) is 0 Å². The molecule has 0 spiro atoms. The van der Waals surface area contributed by atoms with Crippen LogP contribution >= 0.6 is 12.2 Å². The minimum Gasteiger partial charge on any atom is -0.465 e. The third kappa shape index (κ3) is 5.68. The topological polar surface area (TPSA) is 56.8 Å². The average Bonchev–Trinajstić information content (AvgIpc) is 2.74. The number of esters is 1. The Balaban J connectivity index is 1.54. The Bertz CT molecular complexity index is 862. The van der Waals surface area contributed by atoms with E-state index in [1.54, 1.807) is 12.1 Å². The highest BCUT2D eigenvalue weighted by Crippen LogP contribution is 2.19. The summed E-state index contributed by atoms with van der Waals surface area (Å²) in [5.41, 5.74) is 4.70. The van der Waals surface area contributed by atoms with E-state index in [1.807, 2.05) is 13.0 Å². The number of hydrogen-bond acceptors (Lipinski definition) is 5. The summed E-state index contributed by atoms with van der Waals surface area (Å²) in [4.78, 5) is 16.5. The van der Waals surface area contributed by atoms with Gasteiger partial charge in [-0.25, -0.2) is 4.79 Å². The van der Waals surface area contributed by atoms with Crippen LogP contribution in [0, 0.1) is 6.92 Å². The summed E-state index contributed by atoms with van der Waals surface area (Å²) in [6.07, 6.45) is 0. The Labute approximate surface area is 177 Å². The number of aryl methyl sites for hydroxylation is 1. The molecule has 7 heteroatoms. The summed E-state index contributed by atoms with van der Waals surface area (Å²) in [5.74, 6) is -0.368. The number of thiocarbonyl (C=S) groups is 1. The van der Waals surface area contributed by atoms with Gasteiger partial charge in [-0.1, -0.05) is 18.2 Å². The van der Waals surface area contributed by atoms with E-state index in [1.165, 1.54) is 12.8 Å². The third-order valence-corrected chi connectivity index (χ3v) is 5.41. The van der Waals surface area contributed by atoms with Crippen molar-refractivity contribution in [2.75, 3.05) is 50.6 Å². The predicted octanol–water partition coefficient (Wildman–Crippen LogP) is 3.02. The molecular formula is C22H28N4O2S. The molecule has 1 saturated heterocycles. The molecule has 0 aliphatic carbocycles. The maximum absolute atomic E-state index is 11.7. The quantitative estimate of drug-likeness (QED) is 0.578. The molecule has 0 radical (unpaired) electrons. The Kier molecular flexibility index (Phi) is 7.06. The van der Waals surface area contributed by atoms with Gasteiger partial charge in [0.25, 0.3) is 0 Å². The number of hydrogen-bond donors (Lipinski definition) is 2. The zero-order chi connectivity index (χ0) is 20.8. The van der Waals surface area contributed by atoms with Crippen LogP contribution in [0.25, 0.3) is 0 Å². The molecule has 2 aromatic carbocycles. The van der Waals surface area contributed by atoms with Gasteiger partial charge >= 0.3 is 5.97 Å². The average molecular weight is 413 g/mol. The largest absolute Gasteiger partial charge is 0.465 e. The van der Waals surface area contributed by atoms with E-state index < -0.39 is 0 Å². The highest BCUT2D eigenvalue weighted by molar-refractivity contribution is 7.80. The molecule has 154 valence electrons. The fraction of sp³-hybridized carbons (Fsp3) is 0.364. The molecular weight excluding hydrogens is 384 g/mol. The van der Waals surface area contributed by atoms with Crippen LogP contribution in [-0.2, 0) is 11.3 Å². The van der Waals surface area contributed by atoms with Crippen molar-refractivity contribution in [1.82, 2.24) is 10.2 Å². The van der Waals surface area contributed by atoms with Gasteiger partial charge < -0.3 is 25.2 Å². The number of anilines is 2. The summed E-state index contributed by atoms with van der Waals surface area (Å²) in [7, 11) is 3.53. The number of piperazine rings is 1. The van der Waals surface area contributed by atoms with Gasteiger partial charge in [0.05, 0.1) is 12.7 Å². The number of benzene rings is 2. The summed E-state index contributed by atoms with van der Waals surface area (Å²) < 4.78 is 4.78. The molecule has 0 aromatic heterocycles. The molecule has 6 nitrogen and oxygen atoms in total. The number of nitrogens with one attached hydrogen (secondary N) is 2. The van der Waals surface area contributed by atoms with Crippen LogP contribution in [0.4, 0.5) is 11.4 Å². The minimum atomic E-state index is -0.368. The molecule has 2 aromatic rings. The zero-order valence-electron chi connectivity index (χ0n) is 17.2. The van der Waals surface area contributed by atoms with Gasteiger partial charge in [-0.15, -0.1) is 0 Å². The van der Waals surface area contributed by atoms with E-state index in [2.05, 4.69) is 51.7 Å². The fourth-order valence-electron chi connectivity index (χ4n) is 3.24. The Morgan fingerprint density at radius 1 is 1.10 bits per heavy atom. The van der Waals surface area contributed by atoms with Crippen LogP contribution in [0.3, 0.4) is 0 Å². The number of nitrogens with zero attached hydrogens (tertiary/aromatic N) is 2. The first-order chi connectivity index (χ1) is 14.0. The van der Waals surface area contributed by atoms with Crippen molar-refractivity contribution in [2.24, 2.45) is 0 Å². The van der Waals surface area contributed by atoms with Gasteiger partial charge in [0, 0.05) is 44.1 Å². The summed E-state index contributed by atoms with van der Waals surface area (Å²) in [6, 6.07) is 14.0. The standard InChI is InChI=1S/C22H28N4O2S/c1-16-4-7-18(21(27)28-3)14-20(16)24-22(29)23-15-17-5-8-19(9-6-17)26-12-10-25(2)11-13-26/h4-9,14H,10-13,15H2,1-3H3,(H2,23,24,29). The maximum Gasteiger partial charge on any atom is 0.337 e. The van der Waals surface area contributed by atoms with Crippen molar-refractivity contribution >= 4 is 34.7 Å². The molecule has 1 fully saturated rings. The number of rotatable bonds is 5.